The summed E-state index contributed by atoms with van der Waals surface area (Å²) in [6.45, 7) is 1.87. The zero-order valence-corrected chi connectivity index (χ0v) is 12.3. The Bertz CT molecular complexity index is 1080. The molecular formula is C18H12N2O3. The third-order valence-corrected chi connectivity index (χ3v) is 3.64. The summed E-state index contributed by atoms with van der Waals surface area (Å²) >= 11 is 0. The summed E-state index contributed by atoms with van der Waals surface area (Å²) in [4.78, 5) is 19.9. The fourth-order valence-corrected chi connectivity index (χ4v) is 2.54. The number of rotatable bonds is 2. The lowest BCUT2D eigenvalue weighted by molar-refractivity contribution is 0.466. The van der Waals surface area contributed by atoms with Crippen molar-refractivity contribution in [2.75, 3.05) is 0 Å². The van der Waals surface area contributed by atoms with Crippen molar-refractivity contribution in [2.45, 2.75) is 6.92 Å². The molecule has 0 radical (unpaired) electrons. The van der Waals surface area contributed by atoms with Gasteiger partial charge in [0.15, 0.2) is 0 Å². The summed E-state index contributed by atoms with van der Waals surface area (Å²) in [5.41, 5.74) is 1.79. The van der Waals surface area contributed by atoms with Crippen molar-refractivity contribution in [1.29, 1.82) is 0 Å². The van der Waals surface area contributed by atoms with Crippen LogP contribution < -0.4 is 10.4 Å². The number of benzene rings is 2. The van der Waals surface area contributed by atoms with Crippen LogP contribution in [-0.4, -0.2) is 9.97 Å². The molecule has 23 heavy (non-hydrogen) atoms. The molecule has 0 aliphatic rings. The lowest BCUT2D eigenvalue weighted by atomic mass is 10.1. The molecule has 5 heteroatoms. The van der Waals surface area contributed by atoms with Crippen molar-refractivity contribution >= 4 is 21.9 Å². The topological polar surface area (TPSA) is 65.2 Å². The van der Waals surface area contributed by atoms with Gasteiger partial charge in [0, 0.05) is 17.5 Å². The largest absolute Gasteiger partial charge is 0.438 e. The zero-order chi connectivity index (χ0) is 15.8. The first-order valence-corrected chi connectivity index (χ1v) is 7.13. The molecule has 0 fully saturated rings. The molecular weight excluding hydrogens is 292 g/mol. The van der Waals surface area contributed by atoms with Crippen LogP contribution >= 0.6 is 0 Å². The van der Waals surface area contributed by atoms with Crippen LogP contribution in [0.25, 0.3) is 21.9 Å². The molecule has 5 nitrogen and oxygen atoms in total. The zero-order valence-electron chi connectivity index (χ0n) is 12.3. The lowest BCUT2D eigenvalue weighted by Crippen LogP contribution is -1.98. The van der Waals surface area contributed by atoms with E-state index in [1.807, 2.05) is 43.3 Å². The minimum atomic E-state index is -0.375. The quantitative estimate of drug-likeness (QED) is 0.526. The number of aryl methyl sites for hydroxylation is 1. The summed E-state index contributed by atoms with van der Waals surface area (Å²) in [5.74, 6) is 1.01. The second kappa shape index (κ2) is 5.21. The smallest absolute Gasteiger partial charge is 0.336 e. The number of aromatic nitrogens is 2. The molecule has 2 aromatic carbocycles. The highest BCUT2D eigenvalue weighted by Crippen LogP contribution is 2.29. The predicted molar refractivity (Wildman–Crippen MR) is 86.8 cm³/mol. The van der Waals surface area contributed by atoms with Gasteiger partial charge in [0.1, 0.15) is 17.7 Å². The monoisotopic (exact) mass is 304 g/mol. The predicted octanol–water partition coefficient (Wildman–Crippen LogP) is 3.84. The minimum Gasteiger partial charge on any atom is -0.438 e. The average Bonchev–Trinajstić information content (AvgIpc) is 2.55. The molecule has 0 aliphatic carbocycles. The first-order chi connectivity index (χ1) is 11.2. The summed E-state index contributed by atoms with van der Waals surface area (Å²) in [5, 5.41) is 1.70. The Labute approximate surface area is 131 Å². The van der Waals surface area contributed by atoms with Crippen LogP contribution in [-0.2, 0) is 0 Å². The van der Waals surface area contributed by atoms with Crippen molar-refractivity contribution in [3.63, 3.8) is 0 Å². The third-order valence-electron chi connectivity index (χ3n) is 3.64. The molecule has 2 aromatic heterocycles. The average molecular weight is 304 g/mol. The van der Waals surface area contributed by atoms with Crippen molar-refractivity contribution in [3.05, 3.63) is 70.8 Å². The molecule has 0 bridgehead atoms. The SMILES string of the molecule is Cc1cc(=O)oc2cc(Oc3ncnc4ccccc34)ccc12. The molecule has 0 spiro atoms. The Morgan fingerprint density at radius 3 is 2.78 bits per heavy atom. The molecule has 0 atom stereocenters. The molecule has 0 amide bonds. The van der Waals surface area contributed by atoms with Crippen LogP contribution in [0.4, 0.5) is 0 Å². The van der Waals surface area contributed by atoms with Crippen LogP contribution in [0.15, 0.2) is 64.1 Å². The van der Waals surface area contributed by atoms with Crippen molar-refractivity contribution in [3.8, 4) is 11.6 Å². The van der Waals surface area contributed by atoms with E-state index in [-0.39, 0.29) is 5.63 Å². The van der Waals surface area contributed by atoms with Crippen LogP contribution in [0.1, 0.15) is 5.56 Å². The van der Waals surface area contributed by atoms with Gasteiger partial charge in [-0.15, -0.1) is 0 Å². The van der Waals surface area contributed by atoms with Gasteiger partial charge in [-0.3, -0.25) is 0 Å². The van der Waals surface area contributed by atoms with Gasteiger partial charge >= 0.3 is 5.63 Å². The summed E-state index contributed by atoms with van der Waals surface area (Å²) < 4.78 is 11.1. The number of fused-ring (bicyclic) bond motifs is 2. The second-order valence-corrected chi connectivity index (χ2v) is 5.20. The van der Waals surface area contributed by atoms with Gasteiger partial charge in [0.05, 0.1) is 10.9 Å². The van der Waals surface area contributed by atoms with E-state index in [1.165, 1.54) is 12.4 Å². The third kappa shape index (κ3) is 2.42. The van der Waals surface area contributed by atoms with Gasteiger partial charge in [0.2, 0.25) is 5.88 Å². The van der Waals surface area contributed by atoms with Gasteiger partial charge in [0.25, 0.3) is 0 Å². The molecule has 4 aromatic rings. The number of ether oxygens (including phenoxy) is 1. The van der Waals surface area contributed by atoms with Crippen LogP contribution in [0.5, 0.6) is 11.6 Å². The first-order valence-electron chi connectivity index (χ1n) is 7.13. The molecule has 4 rings (SSSR count). The summed E-state index contributed by atoms with van der Waals surface area (Å²) in [6, 6.07) is 14.5. The Morgan fingerprint density at radius 1 is 1.00 bits per heavy atom. The van der Waals surface area contributed by atoms with E-state index >= 15 is 0 Å². The second-order valence-electron chi connectivity index (χ2n) is 5.20. The number of para-hydroxylation sites is 1. The van der Waals surface area contributed by atoms with Crippen molar-refractivity contribution in [1.82, 2.24) is 9.97 Å². The molecule has 0 aliphatic heterocycles. The number of hydrogen-bond donors (Lipinski definition) is 0. The van der Waals surface area contributed by atoms with Gasteiger partial charge in [-0.1, -0.05) is 12.1 Å². The molecule has 0 saturated carbocycles. The van der Waals surface area contributed by atoms with E-state index in [4.69, 9.17) is 9.15 Å². The Balaban J connectivity index is 1.82. The maximum atomic E-state index is 11.5. The first kappa shape index (κ1) is 13.5. The van der Waals surface area contributed by atoms with Gasteiger partial charge in [-0.2, -0.15) is 0 Å². The van der Waals surface area contributed by atoms with E-state index in [1.54, 1.807) is 6.07 Å². The van der Waals surface area contributed by atoms with Crippen molar-refractivity contribution < 1.29 is 9.15 Å². The van der Waals surface area contributed by atoms with Gasteiger partial charge < -0.3 is 9.15 Å². The molecule has 2 heterocycles. The van der Waals surface area contributed by atoms with Crippen LogP contribution in [0, 0.1) is 6.92 Å². The Kier molecular flexibility index (Phi) is 3.05. The molecule has 0 N–H and O–H groups in total. The highest BCUT2D eigenvalue weighted by molar-refractivity contribution is 5.84. The summed E-state index contributed by atoms with van der Waals surface area (Å²) in [6.07, 6.45) is 1.46. The number of hydrogen-bond acceptors (Lipinski definition) is 5. The van der Waals surface area contributed by atoms with E-state index in [0.717, 1.165) is 21.9 Å². The van der Waals surface area contributed by atoms with Crippen LogP contribution in [0.2, 0.25) is 0 Å². The normalized spacial score (nSPS) is 11.0. The molecule has 0 unspecified atom stereocenters. The maximum absolute atomic E-state index is 11.5. The molecule has 112 valence electrons. The Hall–Kier alpha value is -3.21. The van der Waals surface area contributed by atoms with E-state index in [0.29, 0.717) is 17.2 Å². The fourth-order valence-electron chi connectivity index (χ4n) is 2.54. The highest BCUT2D eigenvalue weighted by atomic mass is 16.5. The van der Waals surface area contributed by atoms with E-state index in [9.17, 15) is 4.79 Å². The standard InChI is InChI=1S/C18H12N2O3/c1-11-8-17(21)23-16-9-12(6-7-13(11)16)22-18-14-4-2-3-5-15(14)19-10-20-18/h2-10H,1H3. The highest BCUT2D eigenvalue weighted by Gasteiger charge is 2.08. The molecule has 0 saturated heterocycles. The minimum absolute atomic E-state index is 0.375. The number of nitrogens with zero attached hydrogens (tertiary/aromatic N) is 2. The lowest BCUT2D eigenvalue weighted by Gasteiger charge is -2.08. The Morgan fingerprint density at radius 2 is 1.87 bits per heavy atom. The van der Waals surface area contributed by atoms with Gasteiger partial charge in [-0.05, 0) is 36.8 Å². The van der Waals surface area contributed by atoms with Crippen molar-refractivity contribution in [2.24, 2.45) is 0 Å². The van der Waals surface area contributed by atoms with Gasteiger partial charge in [-0.25, -0.2) is 14.8 Å². The maximum Gasteiger partial charge on any atom is 0.336 e. The summed E-state index contributed by atoms with van der Waals surface area (Å²) in [7, 11) is 0. The van der Waals surface area contributed by atoms with Crippen LogP contribution in [0.3, 0.4) is 0 Å². The van der Waals surface area contributed by atoms with E-state index < -0.39 is 0 Å². The fraction of sp³-hybridized carbons (Fsp3) is 0.0556. The van der Waals surface area contributed by atoms with E-state index in [2.05, 4.69) is 9.97 Å².